The van der Waals surface area contributed by atoms with E-state index in [0.717, 1.165) is 11.3 Å². The first-order chi connectivity index (χ1) is 9.54. The second kappa shape index (κ2) is 6.07. The molecule has 0 radical (unpaired) electrons. The SMILES string of the molecule is CCN(C(=O)C1CCC(C(=O)O)C1)c1ccccc1C. The van der Waals surface area contributed by atoms with Crippen LogP contribution in [-0.2, 0) is 9.59 Å². The number of carbonyl (C=O) groups excluding carboxylic acids is 1. The summed E-state index contributed by atoms with van der Waals surface area (Å²) in [5.74, 6) is -1.24. The van der Waals surface area contributed by atoms with Crippen molar-refractivity contribution in [3.05, 3.63) is 29.8 Å². The Morgan fingerprint density at radius 2 is 1.90 bits per heavy atom. The molecule has 0 aliphatic heterocycles. The van der Waals surface area contributed by atoms with Gasteiger partial charge < -0.3 is 10.0 Å². The lowest BCUT2D eigenvalue weighted by atomic mass is 10.0. The lowest BCUT2D eigenvalue weighted by Gasteiger charge is -2.26. The van der Waals surface area contributed by atoms with Gasteiger partial charge >= 0.3 is 5.97 Å². The van der Waals surface area contributed by atoms with E-state index in [1.54, 1.807) is 4.90 Å². The van der Waals surface area contributed by atoms with Gasteiger partial charge in [-0.25, -0.2) is 0 Å². The van der Waals surface area contributed by atoms with Crippen LogP contribution in [0, 0.1) is 18.8 Å². The molecule has 1 aromatic rings. The summed E-state index contributed by atoms with van der Waals surface area (Å²) in [5.41, 5.74) is 1.99. The first-order valence-electron chi connectivity index (χ1n) is 7.14. The number of carboxylic acids is 1. The van der Waals surface area contributed by atoms with Gasteiger partial charge in [0.1, 0.15) is 0 Å². The predicted molar refractivity (Wildman–Crippen MR) is 77.7 cm³/mol. The minimum Gasteiger partial charge on any atom is -0.481 e. The Labute approximate surface area is 119 Å². The predicted octanol–water partition coefficient (Wildman–Crippen LogP) is 2.85. The zero-order chi connectivity index (χ0) is 14.7. The van der Waals surface area contributed by atoms with Crippen LogP contribution in [0.4, 0.5) is 5.69 Å². The molecule has 1 amide bonds. The molecule has 2 rings (SSSR count). The van der Waals surface area contributed by atoms with Gasteiger partial charge in [-0.05, 0) is 44.7 Å². The molecular formula is C16H21NO3. The van der Waals surface area contributed by atoms with Crippen molar-refractivity contribution < 1.29 is 14.7 Å². The number of aryl methyl sites for hydroxylation is 1. The van der Waals surface area contributed by atoms with Gasteiger partial charge in [-0.2, -0.15) is 0 Å². The Hall–Kier alpha value is -1.84. The maximum absolute atomic E-state index is 12.6. The number of aliphatic carboxylic acids is 1. The summed E-state index contributed by atoms with van der Waals surface area (Å²) in [5, 5.41) is 9.04. The molecule has 4 heteroatoms. The molecule has 1 saturated carbocycles. The van der Waals surface area contributed by atoms with Crippen LogP contribution in [0.25, 0.3) is 0 Å². The standard InChI is InChI=1S/C16H21NO3/c1-3-17(14-7-5-4-6-11(14)2)15(18)12-8-9-13(10-12)16(19)20/h4-7,12-13H,3,8-10H2,1-2H3,(H,19,20). The maximum Gasteiger partial charge on any atom is 0.306 e. The number of anilines is 1. The van der Waals surface area contributed by atoms with Crippen molar-refractivity contribution >= 4 is 17.6 Å². The van der Waals surface area contributed by atoms with Gasteiger partial charge in [-0.3, -0.25) is 9.59 Å². The molecule has 1 aromatic carbocycles. The van der Waals surface area contributed by atoms with Crippen molar-refractivity contribution in [3.8, 4) is 0 Å². The monoisotopic (exact) mass is 275 g/mol. The van der Waals surface area contributed by atoms with Crippen molar-refractivity contribution in [2.75, 3.05) is 11.4 Å². The molecule has 1 aliphatic rings. The van der Waals surface area contributed by atoms with Crippen LogP contribution in [0.1, 0.15) is 31.7 Å². The molecule has 2 unspecified atom stereocenters. The molecular weight excluding hydrogens is 254 g/mol. The van der Waals surface area contributed by atoms with Crippen LogP contribution in [0.15, 0.2) is 24.3 Å². The number of amides is 1. The molecule has 1 fully saturated rings. The maximum atomic E-state index is 12.6. The Morgan fingerprint density at radius 3 is 2.45 bits per heavy atom. The van der Waals surface area contributed by atoms with Crippen LogP contribution < -0.4 is 4.90 Å². The number of hydrogen-bond acceptors (Lipinski definition) is 2. The number of hydrogen-bond donors (Lipinski definition) is 1. The lowest BCUT2D eigenvalue weighted by Crippen LogP contribution is -2.36. The van der Waals surface area contributed by atoms with Crippen molar-refractivity contribution in [1.82, 2.24) is 0 Å². The largest absolute Gasteiger partial charge is 0.481 e. The van der Waals surface area contributed by atoms with Gasteiger partial charge in [-0.15, -0.1) is 0 Å². The summed E-state index contributed by atoms with van der Waals surface area (Å²) >= 11 is 0. The number of para-hydroxylation sites is 1. The Morgan fingerprint density at radius 1 is 1.25 bits per heavy atom. The molecule has 0 aromatic heterocycles. The molecule has 1 aliphatic carbocycles. The van der Waals surface area contributed by atoms with Crippen LogP contribution in [0.3, 0.4) is 0 Å². The Bertz CT molecular complexity index is 512. The van der Waals surface area contributed by atoms with E-state index in [9.17, 15) is 9.59 Å². The van der Waals surface area contributed by atoms with Crippen LogP contribution >= 0.6 is 0 Å². The molecule has 4 nitrogen and oxygen atoms in total. The van der Waals surface area contributed by atoms with E-state index in [1.807, 2.05) is 38.1 Å². The molecule has 2 atom stereocenters. The number of rotatable bonds is 4. The molecule has 0 heterocycles. The van der Waals surface area contributed by atoms with Crippen LogP contribution in [0.2, 0.25) is 0 Å². The average Bonchev–Trinajstić information content (AvgIpc) is 2.91. The highest BCUT2D eigenvalue weighted by Crippen LogP contribution is 2.34. The van der Waals surface area contributed by atoms with E-state index in [0.29, 0.717) is 25.8 Å². The third-order valence-corrected chi connectivity index (χ3v) is 4.12. The number of carboxylic acid groups (broad SMARTS) is 1. The van der Waals surface area contributed by atoms with E-state index in [1.165, 1.54) is 0 Å². The molecule has 0 saturated heterocycles. The lowest BCUT2D eigenvalue weighted by molar-refractivity contribution is -0.141. The Balaban J connectivity index is 2.15. The first kappa shape index (κ1) is 14.6. The fraction of sp³-hybridized carbons (Fsp3) is 0.500. The number of nitrogens with zero attached hydrogens (tertiary/aromatic N) is 1. The molecule has 20 heavy (non-hydrogen) atoms. The molecule has 1 N–H and O–H groups in total. The highest BCUT2D eigenvalue weighted by Gasteiger charge is 2.36. The van der Waals surface area contributed by atoms with Gasteiger partial charge in [-0.1, -0.05) is 18.2 Å². The third-order valence-electron chi connectivity index (χ3n) is 4.12. The normalized spacial score (nSPS) is 21.7. The second-order valence-corrected chi connectivity index (χ2v) is 5.41. The second-order valence-electron chi connectivity index (χ2n) is 5.41. The zero-order valence-corrected chi connectivity index (χ0v) is 12.0. The average molecular weight is 275 g/mol. The zero-order valence-electron chi connectivity index (χ0n) is 12.0. The minimum absolute atomic E-state index is 0.0607. The molecule has 0 spiro atoms. The molecule has 108 valence electrons. The molecule has 0 bridgehead atoms. The highest BCUT2D eigenvalue weighted by atomic mass is 16.4. The van der Waals surface area contributed by atoms with Gasteiger partial charge in [0.25, 0.3) is 0 Å². The van der Waals surface area contributed by atoms with E-state index in [-0.39, 0.29) is 17.7 Å². The van der Waals surface area contributed by atoms with E-state index < -0.39 is 5.97 Å². The van der Waals surface area contributed by atoms with Gasteiger partial charge in [0, 0.05) is 18.2 Å². The summed E-state index contributed by atoms with van der Waals surface area (Å²) in [6, 6.07) is 7.81. The van der Waals surface area contributed by atoms with E-state index >= 15 is 0 Å². The van der Waals surface area contributed by atoms with Crippen LogP contribution in [-0.4, -0.2) is 23.5 Å². The van der Waals surface area contributed by atoms with Crippen molar-refractivity contribution in [2.45, 2.75) is 33.1 Å². The van der Waals surface area contributed by atoms with Gasteiger partial charge in [0.15, 0.2) is 0 Å². The van der Waals surface area contributed by atoms with Crippen molar-refractivity contribution in [3.63, 3.8) is 0 Å². The first-order valence-corrected chi connectivity index (χ1v) is 7.14. The summed E-state index contributed by atoms with van der Waals surface area (Å²) in [6.07, 6.45) is 1.76. The van der Waals surface area contributed by atoms with Crippen molar-refractivity contribution in [1.29, 1.82) is 0 Å². The van der Waals surface area contributed by atoms with Crippen molar-refractivity contribution in [2.24, 2.45) is 11.8 Å². The van der Waals surface area contributed by atoms with E-state index in [4.69, 9.17) is 5.11 Å². The topological polar surface area (TPSA) is 57.6 Å². The fourth-order valence-corrected chi connectivity index (χ4v) is 2.96. The van der Waals surface area contributed by atoms with E-state index in [2.05, 4.69) is 0 Å². The minimum atomic E-state index is -0.778. The summed E-state index contributed by atoms with van der Waals surface area (Å²) in [4.78, 5) is 25.4. The summed E-state index contributed by atoms with van der Waals surface area (Å²) in [6.45, 7) is 4.55. The summed E-state index contributed by atoms with van der Waals surface area (Å²) < 4.78 is 0. The highest BCUT2D eigenvalue weighted by molar-refractivity contribution is 5.96. The third kappa shape index (κ3) is 2.84. The summed E-state index contributed by atoms with van der Waals surface area (Å²) in [7, 11) is 0. The number of carbonyl (C=O) groups is 2. The smallest absolute Gasteiger partial charge is 0.306 e. The van der Waals surface area contributed by atoms with Crippen LogP contribution in [0.5, 0.6) is 0 Å². The quantitative estimate of drug-likeness (QED) is 0.919. The fourth-order valence-electron chi connectivity index (χ4n) is 2.96. The van der Waals surface area contributed by atoms with Gasteiger partial charge in [0.2, 0.25) is 5.91 Å². The Kier molecular flexibility index (Phi) is 4.42. The number of benzene rings is 1. The van der Waals surface area contributed by atoms with Gasteiger partial charge in [0.05, 0.1) is 5.92 Å².